The quantitative estimate of drug-likeness (QED) is 0.876. The van der Waals surface area contributed by atoms with Gasteiger partial charge in [-0.15, -0.1) is 11.8 Å². The Morgan fingerprint density at radius 3 is 2.85 bits per heavy atom. The molecule has 0 atom stereocenters. The van der Waals surface area contributed by atoms with E-state index >= 15 is 0 Å². The van der Waals surface area contributed by atoms with Crippen LogP contribution in [-0.2, 0) is 11.2 Å². The summed E-state index contributed by atoms with van der Waals surface area (Å²) in [5.41, 5.74) is 3.36. The van der Waals surface area contributed by atoms with Gasteiger partial charge in [0, 0.05) is 10.9 Å². The van der Waals surface area contributed by atoms with E-state index in [0.717, 1.165) is 30.8 Å². The van der Waals surface area contributed by atoms with Gasteiger partial charge in [-0.1, -0.05) is 25.1 Å². The van der Waals surface area contributed by atoms with E-state index in [0.29, 0.717) is 11.0 Å². The van der Waals surface area contributed by atoms with Gasteiger partial charge in [0.25, 0.3) is 0 Å². The molecule has 3 nitrogen and oxygen atoms in total. The fourth-order valence-electron chi connectivity index (χ4n) is 2.53. The van der Waals surface area contributed by atoms with Gasteiger partial charge in [0.2, 0.25) is 5.91 Å². The first-order valence-electron chi connectivity index (χ1n) is 7.41. The first kappa shape index (κ1) is 15.4. The van der Waals surface area contributed by atoms with Gasteiger partial charge in [0.15, 0.2) is 0 Å². The van der Waals surface area contributed by atoms with Crippen molar-refractivity contribution in [1.29, 1.82) is 0 Å². The number of para-hydroxylation sites is 1. The van der Waals surface area contributed by atoms with Crippen molar-refractivity contribution >= 4 is 23.4 Å². The number of benzene rings is 1. The lowest BCUT2D eigenvalue weighted by Crippen LogP contribution is -2.30. The monoisotopic (exact) mass is 292 g/mol. The Balaban J connectivity index is 1.88. The van der Waals surface area contributed by atoms with E-state index in [2.05, 4.69) is 36.6 Å². The summed E-state index contributed by atoms with van der Waals surface area (Å²) in [5.74, 6) is 0.680. The number of rotatable bonds is 5. The van der Waals surface area contributed by atoms with Crippen LogP contribution in [-0.4, -0.2) is 30.0 Å². The minimum Gasteiger partial charge on any atom is -0.325 e. The van der Waals surface area contributed by atoms with Crippen LogP contribution in [0, 0.1) is 6.92 Å². The molecule has 0 aliphatic carbocycles. The maximum absolute atomic E-state index is 12.1. The number of nitrogens with one attached hydrogen (secondary N) is 2. The fourth-order valence-corrected chi connectivity index (χ4v) is 3.56. The predicted molar refractivity (Wildman–Crippen MR) is 87.5 cm³/mol. The standard InChI is InChI=1S/C16H24N2OS/c1-3-13-6-4-5-12(2)16(13)18-15(19)11-20-14-7-9-17-10-8-14/h4-6,14,17H,3,7-11H2,1-2H3,(H,18,19). The molecular weight excluding hydrogens is 268 g/mol. The Morgan fingerprint density at radius 1 is 1.40 bits per heavy atom. The number of hydrogen-bond donors (Lipinski definition) is 2. The highest BCUT2D eigenvalue weighted by Crippen LogP contribution is 2.23. The third-order valence-electron chi connectivity index (χ3n) is 3.74. The van der Waals surface area contributed by atoms with E-state index in [1.165, 1.54) is 18.4 Å². The SMILES string of the molecule is CCc1cccc(C)c1NC(=O)CSC1CCNCC1. The zero-order valence-electron chi connectivity index (χ0n) is 12.4. The highest BCUT2D eigenvalue weighted by atomic mass is 32.2. The zero-order chi connectivity index (χ0) is 14.4. The molecule has 1 heterocycles. The van der Waals surface area contributed by atoms with Crippen molar-refractivity contribution in [3.8, 4) is 0 Å². The number of aryl methyl sites for hydroxylation is 2. The summed E-state index contributed by atoms with van der Waals surface area (Å²) in [4.78, 5) is 12.1. The lowest BCUT2D eigenvalue weighted by atomic mass is 10.1. The maximum atomic E-state index is 12.1. The molecule has 0 aromatic heterocycles. The van der Waals surface area contributed by atoms with Crippen molar-refractivity contribution in [3.63, 3.8) is 0 Å². The molecule has 1 fully saturated rings. The first-order chi connectivity index (χ1) is 9.70. The zero-order valence-corrected chi connectivity index (χ0v) is 13.2. The fraction of sp³-hybridized carbons (Fsp3) is 0.562. The van der Waals surface area contributed by atoms with Gasteiger partial charge in [-0.05, 0) is 50.4 Å². The number of piperidine rings is 1. The minimum absolute atomic E-state index is 0.123. The van der Waals surface area contributed by atoms with Gasteiger partial charge in [0.1, 0.15) is 0 Å². The van der Waals surface area contributed by atoms with Crippen LogP contribution in [0.1, 0.15) is 30.9 Å². The molecule has 1 amide bonds. The first-order valence-corrected chi connectivity index (χ1v) is 8.46. The Bertz CT molecular complexity index is 456. The Morgan fingerprint density at radius 2 is 2.15 bits per heavy atom. The second-order valence-corrected chi connectivity index (χ2v) is 6.56. The molecule has 0 radical (unpaired) electrons. The predicted octanol–water partition coefficient (Wildman–Crippen LogP) is 2.98. The summed E-state index contributed by atoms with van der Waals surface area (Å²) in [6.45, 7) is 6.33. The molecule has 4 heteroatoms. The van der Waals surface area contributed by atoms with Crippen molar-refractivity contribution in [2.45, 2.75) is 38.4 Å². The Kier molecular flexibility index (Phi) is 5.92. The lowest BCUT2D eigenvalue weighted by Gasteiger charge is -2.22. The van der Waals surface area contributed by atoms with Crippen molar-refractivity contribution in [3.05, 3.63) is 29.3 Å². The molecule has 0 unspecified atom stereocenters. The van der Waals surface area contributed by atoms with Crippen molar-refractivity contribution in [1.82, 2.24) is 5.32 Å². The highest BCUT2D eigenvalue weighted by molar-refractivity contribution is 8.00. The van der Waals surface area contributed by atoms with E-state index in [4.69, 9.17) is 0 Å². The number of carbonyl (C=O) groups excluding carboxylic acids is 1. The molecule has 1 aliphatic heterocycles. The molecule has 0 saturated carbocycles. The average molecular weight is 292 g/mol. The average Bonchev–Trinajstić information content (AvgIpc) is 2.48. The molecule has 1 aromatic rings. The smallest absolute Gasteiger partial charge is 0.234 e. The van der Waals surface area contributed by atoms with E-state index in [1.54, 1.807) is 11.8 Å². The van der Waals surface area contributed by atoms with Crippen molar-refractivity contribution < 1.29 is 4.79 Å². The van der Waals surface area contributed by atoms with Crippen LogP contribution >= 0.6 is 11.8 Å². The second kappa shape index (κ2) is 7.70. The van der Waals surface area contributed by atoms with Gasteiger partial charge in [0.05, 0.1) is 5.75 Å². The summed E-state index contributed by atoms with van der Waals surface area (Å²) in [5, 5.41) is 7.07. The third kappa shape index (κ3) is 4.25. The van der Waals surface area contributed by atoms with E-state index in [9.17, 15) is 4.79 Å². The topological polar surface area (TPSA) is 41.1 Å². The number of amides is 1. The molecule has 0 spiro atoms. The van der Waals surface area contributed by atoms with Gasteiger partial charge in [-0.2, -0.15) is 0 Å². The summed E-state index contributed by atoms with van der Waals surface area (Å²) < 4.78 is 0. The summed E-state index contributed by atoms with van der Waals surface area (Å²) in [7, 11) is 0. The largest absolute Gasteiger partial charge is 0.325 e. The van der Waals surface area contributed by atoms with Crippen LogP contribution < -0.4 is 10.6 Å². The molecule has 0 bridgehead atoms. The van der Waals surface area contributed by atoms with Crippen LogP contribution in [0.2, 0.25) is 0 Å². The van der Waals surface area contributed by atoms with E-state index in [-0.39, 0.29) is 5.91 Å². The van der Waals surface area contributed by atoms with Crippen LogP contribution in [0.4, 0.5) is 5.69 Å². The van der Waals surface area contributed by atoms with Crippen molar-refractivity contribution in [2.75, 3.05) is 24.2 Å². The molecule has 2 rings (SSSR count). The minimum atomic E-state index is 0.123. The molecule has 1 aromatic carbocycles. The summed E-state index contributed by atoms with van der Waals surface area (Å²) in [6, 6.07) is 6.19. The van der Waals surface area contributed by atoms with Crippen molar-refractivity contribution in [2.24, 2.45) is 0 Å². The number of carbonyl (C=O) groups is 1. The van der Waals surface area contributed by atoms with Crippen LogP contribution in [0.15, 0.2) is 18.2 Å². The molecule has 20 heavy (non-hydrogen) atoms. The molecular formula is C16H24N2OS. The maximum Gasteiger partial charge on any atom is 0.234 e. The second-order valence-electron chi connectivity index (χ2n) is 5.27. The third-order valence-corrected chi connectivity index (χ3v) is 5.11. The molecule has 110 valence electrons. The normalized spacial score (nSPS) is 16.1. The number of thioether (sulfide) groups is 1. The van der Waals surface area contributed by atoms with Gasteiger partial charge in [-0.25, -0.2) is 0 Å². The number of hydrogen-bond acceptors (Lipinski definition) is 3. The summed E-state index contributed by atoms with van der Waals surface area (Å²) in [6.07, 6.45) is 3.28. The Labute approximate surface area is 125 Å². The highest BCUT2D eigenvalue weighted by Gasteiger charge is 2.15. The molecule has 2 N–H and O–H groups in total. The van der Waals surface area contributed by atoms with Gasteiger partial charge >= 0.3 is 0 Å². The van der Waals surface area contributed by atoms with Crippen LogP contribution in [0.5, 0.6) is 0 Å². The molecule has 1 saturated heterocycles. The van der Waals surface area contributed by atoms with E-state index < -0.39 is 0 Å². The number of anilines is 1. The lowest BCUT2D eigenvalue weighted by molar-refractivity contribution is -0.113. The summed E-state index contributed by atoms with van der Waals surface area (Å²) >= 11 is 1.79. The van der Waals surface area contributed by atoms with E-state index in [1.807, 2.05) is 6.07 Å². The van der Waals surface area contributed by atoms with Gasteiger partial charge in [-0.3, -0.25) is 4.79 Å². The molecule has 1 aliphatic rings. The Hall–Kier alpha value is -1.000. The van der Waals surface area contributed by atoms with Crippen LogP contribution in [0.3, 0.4) is 0 Å². The van der Waals surface area contributed by atoms with Gasteiger partial charge < -0.3 is 10.6 Å². The van der Waals surface area contributed by atoms with Crippen LogP contribution in [0.25, 0.3) is 0 Å².